The van der Waals surface area contributed by atoms with Crippen molar-refractivity contribution in [3.63, 3.8) is 0 Å². The lowest BCUT2D eigenvalue weighted by Crippen LogP contribution is -2.41. The second-order valence-electron chi connectivity index (χ2n) is 4.46. The zero-order valence-corrected chi connectivity index (χ0v) is 15.1. The number of amides is 3. The number of rotatable bonds is 7. The molecule has 0 aliphatic heterocycles. The summed E-state index contributed by atoms with van der Waals surface area (Å²) >= 11 is 4.39. The minimum Gasteiger partial charge on any atom is -0.360 e. The summed E-state index contributed by atoms with van der Waals surface area (Å²) in [5.41, 5.74) is 0. The van der Waals surface area contributed by atoms with Gasteiger partial charge in [0.1, 0.15) is 0 Å². The normalized spacial score (nSPS) is 11.7. The Balaban J connectivity index is 1.77. The Morgan fingerprint density at radius 2 is 2.22 bits per heavy atom. The van der Waals surface area contributed by atoms with Gasteiger partial charge < -0.3 is 10.6 Å². The average Bonchev–Trinajstić information content (AvgIpc) is 3.19. The van der Waals surface area contributed by atoms with E-state index in [2.05, 4.69) is 37.6 Å². The number of nitrogens with zero attached hydrogens (tertiary/aromatic N) is 2. The summed E-state index contributed by atoms with van der Waals surface area (Å²) in [7, 11) is 1.46. The van der Waals surface area contributed by atoms with Crippen molar-refractivity contribution >= 4 is 51.5 Å². The predicted molar refractivity (Wildman–Crippen MR) is 94.3 cm³/mol. The molecule has 2 aromatic heterocycles. The molecule has 2 heterocycles. The molecule has 0 bridgehead atoms. The standard InChI is InChI=1S/C13H17N5O2S3/c1-8(10(19)16-11(20)14-2)22-13-18-17-12(23-13)15-6-5-9-4-3-7-21-9/h3-4,7-8H,5-6H2,1-2H3,(H,15,17)(H2,14,16,19,20)/t8-/m1/s1. The van der Waals surface area contributed by atoms with Crippen LogP contribution in [0.4, 0.5) is 9.93 Å². The first-order valence-corrected chi connectivity index (χ1v) is 9.45. The van der Waals surface area contributed by atoms with E-state index < -0.39 is 11.3 Å². The van der Waals surface area contributed by atoms with Crippen LogP contribution in [0.25, 0.3) is 0 Å². The van der Waals surface area contributed by atoms with Gasteiger partial charge >= 0.3 is 6.03 Å². The molecule has 0 unspecified atom stereocenters. The summed E-state index contributed by atoms with van der Waals surface area (Å²) in [4.78, 5) is 24.2. The van der Waals surface area contributed by atoms with E-state index in [1.165, 1.54) is 35.0 Å². The lowest BCUT2D eigenvalue weighted by atomic mass is 10.3. The van der Waals surface area contributed by atoms with E-state index in [0.717, 1.165) is 18.1 Å². The van der Waals surface area contributed by atoms with Gasteiger partial charge in [-0.3, -0.25) is 10.1 Å². The first kappa shape index (κ1) is 17.7. The van der Waals surface area contributed by atoms with Crippen LogP contribution in [-0.4, -0.2) is 41.0 Å². The largest absolute Gasteiger partial charge is 0.360 e. The maximum absolute atomic E-state index is 11.8. The number of hydrogen-bond acceptors (Lipinski definition) is 8. The van der Waals surface area contributed by atoms with E-state index in [-0.39, 0.29) is 5.91 Å². The van der Waals surface area contributed by atoms with Gasteiger partial charge in [0.25, 0.3) is 0 Å². The maximum atomic E-state index is 11.8. The number of hydrogen-bond donors (Lipinski definition) is 3. The fourth-order valence-corrected chi connectivity index (χ4v) is 4.19. The highest BCUT2D eigenvalue weighted by molar-refractivity contribution is 8.02. The third-order valence-electron chi connectivity index (χ3n) is 2.74. The molecular weight excluding hydrogens is 354 g/mol. The van der Waals surface area contributed by atoms with E-state index >= 15 is 0 Å². The Hall–Kier alpha value is -1.65. The van der Waals surface area contributed by atoms with Gasteiger partial charge in [-0.2, -0.15) is 0 Å². The molecule has 1 atom stereocenters. The van der Waals surface area contributed by atoms with Crippen LogP contribution in [0.3, 0.4) is 0 Å². The molecule has 0 saturated carbocycles. The zero-order chi connectivity index (χ0) is 16.7. The van der Waals surface area contributed by atoms with Crippen molar-refractivity contribution in [2.45, 2.75) is 22.9 Å². The zero-order valence-electron chi connectivity index (χ0n) is 12.7. The molecule has 10 heteroatoms. The van der Waals surface area contributed by atoms with Crippen LogP contribution in [0.1, 0.15) is 11.8 Å². The third-order valence-corrected chi connectivity index (χ3v) is 5.75. The highest BCUT2D eigenvalue weighted by Gasteiger charge is 2.18. The summed E-state index contributed by atoms with van der Waals surface area (Å²) < 4.78 is 0.684. The van der Waals surface area contributed by atoms with Crippen LogP contribution in [-0.2, 0) is 11.2 Å². The van der Waals surface area contributed by atoms with Crippen molar-refractivity contribution in [2.24, 2.45) is 0 Å². The molecule has 0 aromatic carbocycles. The molecule has 3 amide bonds. The van der Waals surface area contributed by atoms with E-state index in [0.29, 0.717) is 4.34 Å². The van der Waals surface area contributed by atoms with Gasteiger partial charge in [0.05, 0.1) is 5.25 Å². The van der Waals surface area contributed by atoms with Crippen LogP contribution < -0.4 is 16.0 Å². The van der Waals surface area contributed by atoms with Gasteiger partial charge in [-0.1, -0.05) is 29.2 Å². The molecule has 2 rings (SSSR count). The summed E-state index contributed by atoms with van der Waals surface area (Å²) in [6.07, 6.45) is 0.935. The second kappa shape index (κ2) is 8.85. The number of carbonyl (C=O) groups excluding carboxylic acids is 2. The van der Waals surface area contributed by atoms with Crippen molar-refractivity contribution < 1.29 is 9.59 Å². The molecule has 23 heavy (non-hydrogen) atoms. The number of thioether (sulfide) groups is 1. The molecule has 2 aromatic rings. The van der Waals surface area contributed by atoms with Crippen LogP contribution in [0, 0.1) is 0 Å². The molecule has 7 nitrogen and oxygen atoms in total. The number of thiophene rings is 1. The van der Waals surface area contributed by atoms with Gasteiger partial charge in [-0.15, -0.1) is 21.5 Å². The Labute approximate surface area is 146 Å². The number of nitrogens with one attached hydrogen (secondary N) is 3. The number of aromatic nitrogens is 2. The molecule has 0 aliphatic carbocycles. The first-order chi connectivity index (χ1) is 11.1. The van der Waals surface area contributed by atoms with Crippen molar-refractivity contribution in [1.82, 2.24) is 20.8 Å². The molecule has 0 fully saturated rings. The fraction of sp³-hybridized carbons (Fsp3) is 0.385. The van der Waals surface area contributed by atoms with Crippen molar-refractivity contribution in [3.05, 3.63) is 22.4 Å². The highest BCUT2D eigenvalue weighted by atomic mass is 32.2. The van der Waals surface area contributed by atoms with E-state index in [9.17, 15) is 9.59 Å². The SMILES string of the molecule is CNC(=O)NC(=O)[C@@H](C)Sc1nnc(NCCc2cccs2)s1. The predicted octanol–water partition coefficient (Wildman–Crippen LogP) is 2.19. The second-order valence-corrected chi connectivity index (χ2v) is 8.06. The monoisotopic (exact) mass is 371 g/mol. The van der Waals surface area contributed by atoms with Crippen LogP contribution in [0.5, 0.6) is 0 Å². The molecule has 124 valence electrons. The van der Waals surface area contributed by atoms with Crippen molar-refractivity contribution in [2.75, 3.05) is 18.9 Å². The molecule has 0 saturated heterocycles. The first-order valence-electron chi connectivity index (χ1n) is 6.87. The summed E-state index contributed by atoms with van der Waals surface area (Å²) in [5, 5.41) is 18.2. The van der Waals surface area contributed by atoms with Gasteiger partial charge in [0.15, 0.2) is 4.34 Å². The minimum atomic E-state index is -0.518. The van der Waals surface area contributed by atoms with Gasteiger partial charge in [0.2, 0.25) is 11.0 Å². The Kier molecular flexibility index (Phi) is 6.81. The number of anilines is 1. The maximum Gasteiger partial charge on any atom is 0.321 e. The topological polar surface area (TPSA) is 96.0 Å². The van der Waals surface area contributed by atoms with E-state index in [1.807, 2.05) is 6.07 Å². The number of carbonyl (C=O) groups is 2. The van der Waals surface area contributed by atoms with Gasteiger partial charge in [0, 0.05) is 18.5 Å². The van der Waals surface area contributed by atoms with E-state index in [1.54, 1.807) is 18.3 Å². The van der Waals surface area contributed by atoms with Crippen LogP contribution >= 0.6 is 34.4 Å². The molecular formula is C13H17N5O2S3. The van der Waals surface area contributed by atoms with E-state index in [4.69, 9.17) is 0 Å². The van der Waals surface area contributed by atoms with Gasteiger partial charge in [-0.25, -0.2) is 4.79 Å². The van der Waals surface area contributed by atoms with Crippen LogP contribution in [0.15, 0.2) is 21.9 Å². The highest BCUT2D eigenvalue weighted by Crippen LogP contribution is 2.28. The fourth-order valence-electron chi connectivity index (χ4n) is 1.56. The minimum absolute atomic E-state index is 0.364. The van der Waals surface area contributed by atoms with Gasteiger partial charge in [-0.05, 0) is 24.8 Å². The molecule has 0 aliphatic rings. The molecule has 0 radical (unpaired) electrons. The third kappa shape index (κ3) is 5.81. The smallest absolute Gasteiger partial charge is 0.321 e. The Morgan fingerprint density at radius 1 is 1.39 bits per heavy atom. The summed E-state index contributed by atoms with van der Waals surface area (Å²) in [6.45, 7) is 2.50. The number of urea groups is 1. The van der Waals surface area contributed by atoms with Crippen molar-refractivity contribution in [1.29, 1.82) is 0 Å². The quantitative estimate of drug-likeness (QED) is 0.646. The lowest BCUT2D eigenvalue weighted by molar-refractivity contribution is -0.119. The summed E-state index contributed by atoms with van der Waals surface area (Å²) in [5.74, 6) is -0.364. The molecule has 3 N–H and O–H groups in total. The Bertz CT molecular complexity index is 644. The lowest BCUT2D eigenvalue weighted by Gasteiger charge is -2.08. The summed E-state index contributed by atoms with van der Waals surface area (Å²) in [6, 6.07) is 3.61. The van der Waals surface area contributed by atoms with Crippen LogP contribution in [0.2, 0.25) is 0 Å². The van der Waals surface area contributed by atoms with Crippen molar-refractivity contribution in [3.8, 4) is 0 Å². The molecule has 0 spiro atoms. The number of imide groups is 1. The average molecular weight is 372 g/mol. The Morgan fingerprint density at radius 3 is 2.91 bits per heavy atom.